The molecule has 0 fully saturated rings. The van der Waals surface area contributed by atoms with Crippen LogP contribution in [0, 0.1) is 0 Å². The average Bonchev–Trinajstić information content (AvgIpc) is 2.67. The molecule has 0 spiro atoms. The van der Waals surface area contributed by atoms with Crippen molar-refractivity contribution in [3.63, 3.8) is 0 Å². The topological polar surface area (TPSA) is 41.6 Å². The molecule has 2 aromatic rings. The minimum atomic E-state index is -0.218. The highest BCUT2D eigenvalue weighted by atomic mass is 16.5. The van der Waals surface area contributed by atoms with E-state index in [0.717, 1.165) is 48.4 Å². The van der Waals surface area contributed by atoms with Gasteiger partial charge in [0.05, 0.1) is 11.7 Å². The van der Waals surface area contributed by atoms with E-state index in [1.54, 1.807) is 0 Å². The summed E-state index contributed by atoms with van der Waals surface area (Å²) in [5.74, 6) is 0.921. The molecule has 2 unspecified atom stereocenters. The van der Waals surface area contributed by atoms with Gasteiger partial charge in [0, 0.05) is 17.8 Å². The van der Waals surface area contributed by atoms with E-state index in [0.29, 0.717) is 0 Å². The van der Waals surface area contributed by atoms with Crippen LogP contribution in [0.25, 0.3) is 0 Å². The molecule has 1 aliphatic heterocycles. The van der Waals surface area contributed by atoms with Gasteiger partial charge in [0.25, 0.3) is 5.91 Å². The van der Waals surface area contributed by atoms with E-state index in [4.69, 9.17) is 4.74 Å². The van der Waals surface area contributed by atoms with E-state index < -0.39 is 0 Å². The number of anilines is 1. The Labute approximate surface area is 156 Å². The number of benzene rings is 2. The highest BCUT2D eigenvalue weighted by Gasteiger charge is 2.33. The lowest BCUT2D eigenvalue weighted by molar-refractivity contribution is 0.0676. The van der Waals surface area contributed by atoms with Crippen LogP contribution in [-0.4, -0.2) is 23.5 Å². The minimum Gasteiger partial charge on any atom is -0.490 e. The number of nitrogens with zero attached hydrogens (tertiary/aromatic N) is 1. The van der Waals surface area contributed by atoms with E-state index in [1.807, 2.05) is 47.4 Å². The third-order valence-corrected chi connectivity index (χ3v) is 4.89. The van der Waals surface area contributed by atoms with Crippen LogP contribution in [-0.2, 0) is 0 Å². The van der Waals surface area contributed by atoms with Gasteiger partial charge in [-0.15, -0.1) is 0 Å². The van der Waals surface area contributed by atoms with Gasteiger partial charge < -0.3 is 15.0 Å². The molecule has 2 atom stereocenters. The van der Waals surface area contributed by atoms with Crippen molar-refractivity contribution in [3.8, 4) is 5.75 Å². The average molecular weight is 352 g/mol. The van der Waals surface area contributed by atoms with Crippen molar-refractivity contribution in [2.45, 2.75) is 52.3 Å². The molecule has 1 amide bonds. The smallest absolute Gasteiger partial charge is 0.257 e. The number of nitrogens with one attached hydrogen (secondary N) is 1. The van der Waals surface area contributed by atoms with Crippen LogP contribution < -0.4 is 10.1 Å². The van der Waals surface area contributed by atoms with Gasteiger partial charge in [0.1, 0.15) is 11.9 Å². The Balaban J connectivity index is 2.00. The third-order valence-electron chi connectivity index (χ3n) is 4.89. The molecule has 4 nitrogen and oxygen atoms in total. The molecule has 138 valence electrons. The fraction of sp³-hybridized carbons (Fsp3) is 0.409. The zero-order chi connectivity index (χ0) is 18.5. The number of para-hydroxylation sites is 2. The maximum absolute atomic E-state index is 13.1. The molecule has 26 heavy (non-hydrogen) atoms. The van der Waals surface area contributed by atoms with Crippen LogP contribution in [0.4, 0.5) is 5.69 Å². The fourth-order valence-electron chi connectivity index (χ4n) is 3.21. The summed E-state index contributed by atoms with van der Waals surface area (Å²) in [7, 11) is 0. The van der Waals surface area contributed by atoms with Crippen LogP contribution in [0.2, 0.25) is 0 Å². The molecule has 1 heterocycles. The zero-order valence-corrected chi connectivity index (χ0v) is 15.9. The van der Waals surface area contributed by atoms with E-state index in [1.165, 1.54) is 0 Å². The maximum Gasteiger partial charge on any atom is 0.257 e. The summed E-state index contributed by atoms with van der Waals surface area (Å²) in [6, 6.07) is 15.8. The number of unbranched alkanes of at least 4 members (excludes halogenated alkanes) is 1. The van der Waals surface area contributed by atoms with E-state index >= 15 is 0 Å². The van der Waals surface area contributed by atoms with E-state index in [9.17, 15) is 4.79 Å². The molecule has 0 aromatic heterocycles. The van der Waals surface area contributed by atoms with Gasteiger partial charge in [-0.25, -0.2) is 0 Å². The van der Waals surface area contributed by atoms with Gasteiger partial charge in [-0.2, -0.15) is 0 Å². The molecule has 0 aliphatic carbocycles. The van der Waals surface area contributed by atoms with Crippen molar-refractivity contribution < 1.29 is 9.53 Å². The van der Waals surface area contributed by atoms with Crippen LogP contribution in [0.15, 0.2) is 48.5 Å². The van der Waals surface area contributed by atoms with Crippen molar-refractivity contribution in [2.24, 2.45) is 0 Å². The lowest BCUT2D eigenvalue weighted by atomic mass is 10.0. The van der Waals surface area contributed by atoms with Crippen LogP contribution in [0.1, 0.15) is 62.1 Å². The first kappa shape index (κ1) is 18.3. The summed E-state index contributed by atoms with van der Waals surface area (Å²) in [5, 5.41) is 3.56. The summed E-state index contributed by atoms with van der Waals surface area (Å²) in [6.07, 6.45) is 2.87. The molecule has 4 heteroatoms. The Kier molecular flexibility index (Phi) is 5.82. The van der Waals surface area contributed by atoms with Crippen molar-refractivity contribution in [1.82, 2.24) is 4.90 Å². The van der Waals surface area contributed by atoms with Crippen LogP contribution in [0.3, 0.4) is 0 Å². The monoisotopic (exact) mass is 352 g/mol. The van der Waals surface area contributed by atoms with Gasteiger partial charge >= 0.3 is 0 Å². The molecule has 3 rings (SSSR count). The molecule has 1 N–H and O–H groups in total. The summed E-state index contributed by atoms with van der Waals surface area (Å²) < 4.78 is 6.15. The molecule has 1 aliphatic rings. The quantitative estimate of drug-likeness (QED) is 0.742. The van der Waals surface area contributed by atoms with Gasteiger partial charge in [-0.05, 0) is 38.0 Å². The van der Waals surface area contributed by atoms with E-state index in [2.05, 4.69) is 32.2 Å². The Morgan fingerprint density at radius 2 is 1.85 bits per heavy atom. The highest BCUT2D eigenvalue weighted by molar-refractivity contribution is 6.01. The molecular weight excluding hydrogens is 324 g/mol. The summed E-state index contributed by atoms with van der Waals surface area (Å²) in [4.78, 5) is 15.1. The van der Waals surface area contributed by atoms with Crippen molar-refractivity contribution in [2.75, 3.05) is 11.9 Å². The lowest BCUT2D eigenvalue weighted by Gasteiger charge is -2.39. The fourth-order valence-corrected chi connectivity index (χ4v) is 3.21. The number of carbonyl (C=O) groups is 1. The van der Waals surface area contributed by atoms with Gasteiger partial charge in [-0.1, -0.05) is 50.6 Å². The number of carbonyl (C=O) groups excluding carboxylic acids is 1. The second kappa shape index (κ2) is 8.26. The first-order valence-electron chi connectivity index (χ1n) is 9.57. The minimum absolute atomic E-state index is 0.0798. The summed E-state index contributed by atoms with van der Waals surface area (Å²) >= 11 is 0. The first-order valence-corrected chi connectivity index (χ1v) is 9.57. The maximum atomic E-state index is 13.1. The molecular formula is C22H28N2O2. The standard InChI is InChI=1S/C22H28N2O2/c1-4-6-15-24-21(23-19-13-9-7-11-17(19)22(24)25)18-12-8-10-14-20(18)26-16(3)5-2/h7-14,16,21,23H,4-6,15H2,1-3H3. The first-order chi connectivity index (χ1) is 12.7. The highest BCUT2D eigenvalue weighted by Crippen LogP contribution is 2.37. The lowest BCUT2D eigenvalue weighted by Crippen LogP contribution is -2.43. The Hall–Kier alpha value is -2.49. The molecule has 0 saturated heterocycles. The Bertz CT molecular complexity index is 759. The number of fused-ring (bicyclic) bond motifs is 1. The van der Waals surface area contributed by atoms with Crippen molar-refractivity contribution in [1.29, 1.82) is 0 Å². The van der Waals surface area contributed by atoms with E-state index in [-0.39, 0.29) is 18.2 Å². The molecule has 2 aromatic carbocycles. The molecule has 0 saturated carbocycles. The van der Waals surface area contributed by atoms with Crippen LogP contribution in [0.5, 0.6) is 5.75 Å². The van der Waals surface area contributed by atoms with Crippen molar-refractivity contribution >= 4 is 11.6 Å². The van der Waals surface area contributed by atoms with Crippen molar-refractivity contribution in [3.05, 3.63) is 59.7 Å². The number of rotatable bonds is 7. The Morgan fingerprint density at radius 3 is 2.62 bits per heavy atom. The Morgan fingerprint density at radius 1 is 1.12 bits per heavy atom. The summed E-state index contributed by atoms with van der Waals surface area (Å²) in [6.45, 7) is 7.05. The third kappa shape index (κ3) is 3.69. The van der Waals surface area contributed by atoms with Gasteiger partial charge in [0.15, 0.2) is 0 Å². The number of amides is 1. The number of hydrogen-bond donors (Lipinski definition) is 1. The SMILES string of the molecule is CCCCN1C(=O)c2ccccc2NC1c1ccccc1OC(C)CC. The molecule has 0 radical (unpaired) electrons. The van der Waals surface area contributed by atoms with Crippen LogP contribution >= 0.6 is 0 Å². The number of ether oxygens (including phenoxy) is 1. The predicted molar refractivity (Wildman–Crippen MR) is 106 cm³/mol. The molecule has 0 bridgehead atoms. The largest absolute Gasteiger partial charge is 0.490 e. The normalized spacial score (nSPS) is 17.4. The number of hydrogen-bond acceptors (Lipinski definition) is 3. The van der Waals surface area contributed by atoms with Gasteiger partial charge in [-0.3, -0.25) is 4.79 Å². The second-order valence-corrected chi connectivity index (χ2v) is 6.82. The predicted octanol–water partition coefficient (Wildman–Crippen LogP) is 5.23. The van der Waals surface area contributed by atoms with Gasteiger partial charge in [0.2, 0.25) is 0 Å². The second-order valence-electron chi connectivity index (χ2n) is 6.82. The zero-order valence-electron chi connectivity index (χ0n) is 15.9. The summed E-state index contributed by atoms with van der Waals surface area (Å²) in [5.41, 5.74) is 2.63.